The van der Waals surface area contributed by atoms with Crippen molar-refractivity contribution in [3.8, 4) is 0 Å². The van der Waals surface area contributed by atoms with Crippen molar-refractivity contribution < 1.29 is 114 Å². The van der Waals surface area contributed by atoms with Crippen LogP contribution in [0.25, 0.3) is 0 Å². The van der Waals surface area contributed by atoms with Gasteiger partial charge in [0, 0.05) is 24.7 Å². The molecule has 73 heavy (non-hydrogen) atoms. The second kappa shape index (κ2) is 22.9. The largest absolute Gasteiger partial charge is 0.394 e. The minimum Gasteiger partial charge on any atom is -0.394 e. The highest BCUT2D eigenvalue weighted by Gasteiger charge is 2.63. The third-order valence-corrected chi connectivity index (χ3v) is 18.3. The van der Waals surface area contributed by atoms with Gasteiger partial charge in [-0.15, -0.1) is 0 Å². The molecular formula is C50H80O23. The molecule has 4 heterocycles. The van der Waals surface area contributed by atoms with Gasteiger partial charge in [0.05, 0.1) is 32.0 Å². The van der Waals surface area contributed by atoms with Gasteiger partial charge in [0.15, 0.2) is 31.5 Å². The minimum atomic E-state index is -2.00. The second-order valence-electron chi connectivity index (χ2n) is 22.8. The van der Waals surface area contributed by atoms with Crippen molar-refractivity contribution in [1.82, 2.24) is 0 Å². The van der Waals surface area contributed by atoms with Gasteiger partial charge in [0.25, 0.3) is 0 Å². The first kappa shape index (κ1) is 57.4. The number of ether oxygens (including phenoxy) is 8. The lowest BCUT2D eigenvalue weighted by atomic mass is 9.47. The molecule has 8 rings (SSSR count). The molecule has 0 radical (unpaired) electrons. The van der Waals surface area contributed by atoms with Crippen LogP contribution in [0.15, 0.2) is 11.6 Å². The summed E-state index contributed by atoms with van der Waals surface area (Å²) >= 11 is 0. The van der Waals surface area contributed by atoms with Gasteiger partial charge in [-0.05, 0) is 86.4 Å². The van der Waals surface area contributed by atoms with Crippen LogP contribution in [0.4, 0.5) is 0 Å². The molecule has 4 saturated heterocycles. The highest BCUT2D eigenvalue weighted by molar-refractivity contribution is 5.92. The van der Waals surface area contributed by atoms with Crippen LogP contribution in [-0.4, -0.2) is 227 Å². The summed E-state index contributed by atoms with van der Waals surface area (Å²) in [6.45, 7) is 8.34. The van der Waals surface area contributed by atoms with Gasteiger partial charge in [0.1, 0.15) is 97.0 Å². The van der Waals surface area contributed by atoms with Gasteiger partial charge >= 0.3 is 0 Å². The SMILES string of the molecule is CC1O[C@@H](O[C@@H]2C(CO)O[C@@H](OC3CC[C@@]4(C)C(=CC[C@H]5[C@@H]6CC(=O)[C@H]([C@H](C)C(=O)CC[C@@H](C)CO[C@@H]7OC(CO)[C@@H](O)C(O)[C@@H]7O)[C@@]6(C)CC[C@@H]54)C3)[C@@H](O[C@@H]3OC(O)[C@H](O)C(O)[C@@H]3O)C2O)[C@@H](O)C(O)[C@H]1O. The number of hydrogen-bond donors (Lipinski definition) is 13. The van der Waals surface area contributed by atoms with E-state index in [0.29, 0.717) is 38.5 Å². The molecule has 418 valence electrons. The molecule has 29 atom stereocenters. The Morgan fingerprint density at radius 1 is 0.671 bits per heavy atom. The highest BCUT2D eigenvalue weighted by atomic mass is 16.8. The first-order valence-electron chi connectivity index (χ1n) is 26.1. The van der Waals surface area contributed by atoms with E-state index in [1.54, 1.807) is 0 Å². The molecule has 13 N–H and O–H groups in total. The fourth-order valence-electron chi connectivity index (χ4n) is 13.8. The van der Waals surface area contributed by atoms with Crippen LogP contribution in [0, 0.1) is 46.3 Å². The Morgan fingerprint density at radius 3 is 1.97 bits per heavy atom. The highest BCUT2D eigenvalue weighted by Crippen LogP contribution is 2.66. The van der Waals surface area contributed by atoms with Crippen LogP contribution in [0.5, 0.6) is 0 Å². The van der Waals surface area contributed by atoms with Crippen LogP contribution in [0.1, 0.15) is 92.4 Å². The van der Waals surface area contributed by atoms with Crippen molar-refractivity contribution in [2.45, 2.75) is 222 Å². The molecule has 7 fully saturated rings. The maximum absolute atomic E-state index is 14.1. The maximum atomic E-state index is 14.1. The first-order chi connectivity index (χ1) is 34.4. The van der Waals surface area contributed by atoms with Crippen molar-refractivity contribution in [2.24, 2.45) is 46.3 Å². The quantitative estimate of drug-likeness (QED) is 0.0685. The zero-order chi connectivity index (χ0) is 53.2. The second-order valence-corrected chi connectivity index (χ2v) is 22.8. The van der Waals surface area contributed by atoms with Crippen molar-refractivity contribution in [1.29, 1.82) is 0 Å². The molecule has 0 aromatic carbocycles. The molecule has 8 aliphatic rings. The number of fused-ring (bicyclic) bond motifs is 5. The lowest BCUT2D eigenvalue weighted by Crippen LogP contribution is -2.66. The van der Waals surface area contributed by atoms with E-state index in [1.807, 2.05) is 13.8 Å². The average molecular weight is 1050 g/mol. The lowest BCUT2D eigenvalue weighted by Gasteiger charge is -2.58. The van der Waals surface area contributed by atoms with E-state index < -0.39 is 160 Å². The van der Waals surface area contributed by atoms with Gasteiger partial charge in [-0.3, -0.25) is 9.59 Å². The number of ketones is 2. The Bertz CT molecular complexity index is 1930. The predicted molar refractivity (Wildman–Crippen MR) is 245 cm³/mol. The standard InChI is InChI=1S/C50H80O23/c1-19(18-66-45-38(61)35(58)33(56)29(16-51)69-45)6-9-27(53)20(2)31-28(54)15-26-24-8-7-22-14-23(10-12-49(22,4)25(24)11-13-50(26,31)5)68-48-43(72-47-40(63)36(59)37(60)44(65)73-47)41(64)42(30(17-52)70-48)71-46-39(62)34(57)32(55)21(3)67-46/h7,19-21,23-26,29-48,51-52,55-65H,6,8-18H2,1-5H3/t19-,20-,21?,23?,24-,25+,26+,29?,30?,31+,32+,33-,34?,35?,36?,37-,38+,39+,40+,41?,42-,43+,44?,45-,46+,47-,48-,49+,50+/m1/s1. The molecular weight excluding hydrogens is 969 g/mol. The first-order valence-corrected chi connectivity index (χ1v) is 26.1. The number of allylic oxidation sites excluding steroid dienone is 1. The zero-order valence-corrected chi connectivity index (χ0v) is 42.0. The Morgan fingerprint density at radius 2 is 1.29 bits per heavy atom. The van der Waals surface area contributed by atoms with E-state index in [-0.39, 0.29) is 53.7 Å². The van der Waals surface area contributed by atoms with Gasteiger partial charge in [-0.2, -0.15) is 0 Å². The third kappa shape index (κ3) is 10.9. The van der Waals surface area contributed by atoms with E-state index in [2.05, 4.69) is 19.9 Å². The van der Waals surface area contributed by atoms with E-state index in [9.17, 15) is 76.0 Å². The van der Waals surface area contributed by atoms with Gasteiger partial charge in [-0.1, -0.05) is 39.3 Å². The Kier molecular flexibility index (Phi) is 18.0. The van der Waals surface area contributed by atoms with E-state index in [1.165, 1.54) is 6.92 Å². The summed E-state index contributed by atoms with van der Waals surface area (Å²) in [6.07, 6.45) is -25.3. The normalized spacial score (nSPS) is 51.1. The van der Waals surface area contributed by atoms with Crippen molar-refractivity contribution >= 4 is 11.6 Å². The number of aliphatic hydroxyl groups excluding tert-OH is 13. The summed E-state index contributed by atoms with van der Waals surface area (Å²) in [4.78, 5) is 28.0. The van der Waals surface area contributed by atoms with Crippen LogP contribution in [0.2, 0.25) is 0 Å². The van der Waals surface area contributed by atoms with E-state index in [4.69, 9.17) is 37.9 Å². The number of rotatable bonds is 16. The fourth-order valence-corrected chi connectivity index (χ4v) is 13.8. The number of carbonyl (C=O) groups is 2. The lowest BCUT2D eigenvalue weighted by molar-refractivity contribution is -0.400. The van der Waals surface area contributed by atoms with Gasteiger partial charge in [0.2, 0.25) is 0 Å². The van der Waals surface area contributed by atoms with Crippen LogP contribution < -0.4 is 0 Å². The maximum Gasteiger partial charge on any atom is 0.189 e. The monoisotopic (exact) mass is 1050 g/mol. The molecule has 0 aromatic rings. The summed E-state index contributed by atoms with van der Waals surface area (Å²) in [5, 5.41) is 136. The van der Waals surface area contributed by atoms with Gasteiger partial charge < -0.3 is 104 Å². The van der Waals surface area contributed by atoms with Crippen LogP contribution >= 0.6 is 0 Å². The van der Waals surface area contributed by atoms with Gasteiger partial charge in [-0.25, -0.2) is 0 Å². The molecule has 0 aromatic heterocycles. The summed E-state index contributed by atoms with van der Waals surface area (Å²) in [5.74, 6) is -0.557. The topological polar surface area (TPSA) is 371 Å². The van der Waals surface area contributed by atoms with Crippen molar-refractivity contribution in [3.05, 3.63) is 11.6 Å². The zero-order valence-electron chi connectivity index (χ0n) is 42.0. The van der Waals surface area contributed by atoms with E-state index in [0.717, 1.165) is 18.4 Å². The molecule has 0 bridgehead atoms. The average Bonchev–Trinajstić information content (AvgIpc) is 3.64. The number of aliphatic hydroxyl groups is 13. The Hall–Kier alpha value is -1.76. The Balaban J connectivity index is 0.916. The van der Waals surface area contributed by atoms with Crippen molar-refractivity contribution in [3.63, 3.8) is 0 Å². The third-order valence-electron chi connectivity index (χ3n) is 18.3. The fraction of sp³-hybridized carbons (Fsp3) is 0.920. The van der Waals surface area contributed by atoms with E-state index >= 15 is 0 Å². The smallest absolute Gasteiger partial charge is 0.189 e. The predicted octanol–water partition coefficient (Wildman–Crippen LogP) is -3.00. The number of carbonyl (C=O) groups excluding carboxylic acids is 2. The molecule has 0 amide bonds. The molecule has 9 unspecified atom stereocenters. The molecule has 4 aliphatic carbocycles. The molecule has 3 saturated carbocycles. The number of Topliss-reactive ketones (excluding diaryl/α,β-unsaturated/α-hetero) is 2. The number of hydrogen-bond acceptors (Lipinski definition) is 23. The molecule has 23 nitrogen and oxygen atoms in total. The van der Waals surface area contributed by atoms with Crippen LogP contribution in [0.3, 0.4) is 0 Å². The summed E-state index contributed by atoms with van der Waals surface area (Å²) in [5.41, 5.74) is 0.493. The summed E-state index contributed by atoms with van der Waals surface area (Å²) < 4.78 is 46.8. The molecule has 23 heteroatoms. The van der Waals surface area contributed by atoms with Crippen molar-refractivity contribution in [2.75, 3.05) is 19.8 Å². The summed E-state index contributed by atoms with van der Waals surface area (Å²) in [6, 6.07) is 0. The Labute approximate surface area is 423 Å². The summed E-state index contributed by atoms with van der Waals surface area (Å²) in [7, 11) is 0. The van der Waals surface area contributed by atoms with Crippen LogP contribution in [-0.2, 0) is 47.5 Å². The molecule has 0 spiro atoms. The minimum absolute atomic E-state index is 0.0164. The molecule has 4 aliphatic heterocycles.